The molecule has 5 fully saturated rings. The second-order valence-electron chi connectivity index (χ2n) is 15.6. The minimum Gasteiger partial charge on any atom is -0.482 e. The highest BCUT2D eigenvalue weighted by molar-refractivity contribution is 5.76. The van der Waals surface area contributed by atoms with Gasteiger partial charge in [-0.3, -0.25) is 4.90 Å². The Morgan fingerprint density at radius 1 is 1.09 bits per heavy atom. The lowest BCUT2D eigenvalue weighted by molar-refractivity contribution is -0.312. The molecule has 8 rings (SSSR count). The fourth-order valence-electron chi connectivity index (χ4n) is 10.2. The Morgan fingerprint density at radius 3 is 2.57 bits per heavy atom. The van der Waals surface area contributed by atoms with Crippen molar-refractivity contribution in [1.82, 2.24) is 4.90 Å². The smallest absolute Gasteiger partial charge is 0.337 e. The molecule has 9 heteroatoms. The monoisotopic (exact) mass is 613 g/mol. The Bertz CT molecular complexity index is 1290. The molecular weight excluding hydrogens is 562 g/mol. The number of rotatable bonds is 12. The van der Waals surface area contributed by atoms with Crippen LogP contribution in [0.15, 0.2) is 12.1 Å². The first kappa shape index (κ1) is 30.9. The second-order valence-corrected chi connectivity index (χ2v) is 15.6. The van der Waals surface area contributed by atoms with Crippen LogP contribution < -0.4 is 9.47 Å². The standard InChI is InChI=1S/C35H51NO8/c1-31(2,3)32(4,39)25-19-33-10-11-35(25,40-5)30-34(33)12-13-36(20-22-6-7-22)26(33)18-23-8-9-24(29(44-30)28(23)34)43-27(38)21-42-17-16-41-15-14-37/h8-9,22,25-26,30,37,39H,6-7,10-21H2,1-5H3/t25-,26-,30-,32+,33-,34+,35+/m1/s1. The van der Waals surface area contributed by atoms with Gasteiger partial charge in [0.15, 0.2) is 11.5 Å². The molecule has 5 aliphatic carbocycles. The van der Waals surface area contributed by atoms with Gasteiger partial charge in [-0.05, 0) is 81.4 Å². The number of fused-ring (bicyclic) bond motifs is 2. The number of benzene rings is 1. The van der Waals surface area contributed by atoms with Gasteiger partial charge in [-0.25, -0.2) is 4.79 Å². The van der Waals surface area contributed by atoms with Crippen LogP contribution in [-0.2, 0) is 30.8 Å². The van der Waals surface area contributed by atoms with Gasteiger partial charge in [-0.15, -0.1) is 0 Å². The molecule has 2 aliphatic heterocycles. The molecule has 244 valence electrons. The molecule has 9 nitrogen and oxygen atoms in total. The first-order valence-corrected chi connectivity index (χ1v) is 16.8. The molecule has 4 saturated carbocycles. The Balaban J connectivity index is 1.28. The van der Waals surface area contributed by atoms with E-state index >= 15 is 0 Å². The number of ether oxygens (including phenoxy) is 5. The number of esters is 1. The van der Waals surface area contributed by atoms with E-state index < -0.39 is 17.2 Å². The lowest BCUT2D eigenvalue weighted by Crippen LogP contribution is -2.83. The molecular formula is C35H51NO8. The van der Waals surface area contributed by atoms with E-state index in [9.17, 15) is 9.90 Å². The number of piperidine rings is 1. The molecule has 0 amide bonds. The van der Waals surface area contributed by atoms with Crippen molar-refractivity contribution in [2.24, 2.45) is 22.7 Å². The maximum absolute atomic E-state index is 12.9. The van der Waals surface area contributed by atoms with Crippen molar-refractivity contribution in [2.75, 3.05) is 53.2 Å². The van der Waals surface area contributed by atoms with Crippen LogP contribution in [0.2, 0.25) is 0 Å². The first-order valence-electron chi connectivity index (χ1n) is 16.8. The van der Waals surface area contributed by atoms with E-state index in [-0.39, 0.29) is 54.7 Å². The highest BCUT2D eigenvalue weighted by Gasteiger charge is 2.82. The third kappa shape index (κ3) is 4.22. The van der Waals surface area contributed by atoms with Gasteiger partial charge >= 0.3 is 5.97 Å². The van der Waals surface area contributed by atoms with Crippen molar-refractivity contribution in [3.05, 3.63) is 23.3 Å². The van der Waals surface area contributed by atoms with Gasteiger partial charge in [0.1, 0.15) is 18.3 Å². The van der Waals surface area contributed by atoms with Crippen molar-refractivity contribution in [3.63, 3.8) is 0 Å². The van der Waals surface area contributed by atoms with Crippen molar-refractivity contribution in [1.29, 1.82) is 0 Å². The second kappa shape index (κ2) is 10.6. The molecule has 44 heavy (non-hydrogen) atoms. The number of aliphatic hydroxyl groups excluding tert-OH is 1. The molecule has 2 N–H and O–H groups in total. The lowest BCUT2D eigenvalue weighted by Gasteiger charge is -2.75. The first-order chi connectivity index (χ1) is 20.9. The number of aliphatic hydroxyl groups is 2. The molecule has 0 aromatic heterocycles. The van der Waals surface area contributed by atoms with E-state index in [1.165, 1.54) is 24.0 Å². The van der Waals surface area contributed by atoms with Gasteiger partial charge in [-0.1, -0.05) is 26.8 Å². The zero-order valence-corrected chi connectivity index (χ0v) is 27.2. The van der Waals surface area contributed by atoms with Crippen LogP contribution in [0.3, 0.4) is 0 Å². The molecule has 1 aromatic rings. The normalized spacial score (nSPS) is 36.5. The Hall–Kier alpha value is -1.75. The van der Waals surface area contributed by atoms with Crippen molar-refractivity contribution in [3.8, 4) is 11.5 Å². The van der Waals surface area contributed by atoms with E-state index in [1.54, 1.807) is 7.11 Å². The predicted molar refractivity (Wildman–Crippen MR) is 163 cm³/mol. The summed E-state index contributed by atoms with van der Waals surface area (Å²) < 4.78 is 30.5. The number of methoxy groups -OCH3 is 1. The molecule has 7 atom stereocenters. The molecule has 0 radical (unpaired) electrons. The van der Waals surface area contributed by atoms with E-state index in [0.29, 0.717) is 24.1 Å². The number of hydrogen-bond donors (Lipinski definition) is 2. The third-order valence-electron chi connectivity index (χ3n) is 12.9. The highest BCUT2D eigenvalue weighted by Crippen LogP contribution is 2.78. The number of likely N-dealkylation sites (tertiary alicyclic amines) is 1. The number of carbonyl (C=O) groups excluding carboxylic acids is 1. The van der Waals surface area contributed by atoms with Gasteiger partial charge in [0.25, 0.3) is 0 Å². The average Bonchev–Trinajstić information content (AvgIpc) is 3.73. The summed E-state index contributed by atoms with van der Waals surface area (Å²) in [5.41, 5.74) is 0.180. The summed E-state index contributed by atoms with van der Waals surface area (Å²) in [6.07, 6.45) is 7.08. The molecule has 2 heterocycles. The average molecular weight is 614 g/mol. The van der Waals surface area contributed by atoms with Gasteiger partial charge in [0, 0.05) is 42.0 Å². The summed E-state index contributed by atoms with van der Waals surface area (Å²) in [5, 5.41) is 21.3. The van der Waals surface area contributed by atoms with Gasteiger partial charge in [-0.2, -0.15) is 0 Å². The number of carbonyl (C=O) groups is 1. The number of nitrogens with zero attached hydrogens (tertiary/aromatic N) is 1. The summed E-state index contributed by atoms with van der Waals surface area (Å²) in [6.45, 7) is 11.1. The summed E-state index contributed by atoms with van der Waals surface area (Å²) in [7, 11) is 1.80. The molecule has 4 bridgehead atoms. The minimum absolute atomic E-state index is 0.0505. The van der Waals surface area contributed by atoms with Gasteiger partial charge in [0.2, 0.25) is 0 Å². The topological polar surface area (TPSA) is 107 Å². The van der Waals surface area contributed by atoms with Crippen LogP contribution in [0.1, 0.15) is 77.3 Å². The summed E-state index contributed by atoms with van der Waals surface area (Å²) in [6, 6.07) is 4.43. The maximum Gasteiger partial charge on any atom is 0.337 e. The van der Waals surface area contributed by atoms with E-state index in [4.69, 9.17) is 28.8 Å². The summed E-state index contributed by atoms with van der Waals surface area (Å²) in [5.74, 6) is 1.33. The quantitative estimate of drug-likeness (QED) is 0.208. The van der Waals surface area contributed by atoms with Crippen molar-refractivity contribution in [2.45, 2.75) is 101 Å². The molecule has 7 aliphatic rings. The van der Waals surface area contributed by atoms with Crippen LogP contribution in [0.5, 0.6) is 11.5 Å². The molecule has 1 saturated heterocycles. The van der Waals surface area contributed by atoms with Gasteiger partial charge < -0.3 is 33.9 Å². The van der Waals surface area contributed by atoms with E-state index in [0.717, 1.165) is 51.1 Å². The van der Waals surface area contributed by atoms with E-state index in [1.807, 2.05) is 13.0 Å². The molecule has 1 aromatic carbocycles. The fraction of sp³-hybridized carbons (Fsp3) is 0.800. The zero-order valence-electron chi connectivity index (χ0n) is 27.2. The summed E-state index contributed by atoms with van der Waals surface area (Å²) in [4.78, 5) is 15.7. The van der Waals surface area contributed by atoms with Gasteiger partial charge in [0.05, 0.1) is 32.0 Å². The number of hydrogen-bond acceptors (Lipinski definition) is 9. The Labute approximate surface area is 261 Å². The van der Waals surface area contributed by atoms with Crippen LogP contribution in [0, 0.1) is 22.7 Å². The third-order valence-corrected chi connectivity index (χ3v) is 12.9. The van der Waals surface area contributed by atoms with Crippen LogP contribution in [0.4, 0.5) is 0 Å². The largest absolute Gasteiger partial charge is 0.482 e. The van der Waals surface area contributed by atoms with Crippen LogP contribution in [0.25, 0.3) is 0 Å². The SMILES string of the molecule is CO[C@@]12CC[C@@]3(C[C@@H]1[C@](C)(O)C(C)(C)C)[C@H]1Cc4ccc(OC(=O)COCCOCCO)c5c4[C@@]3(CCN1CC1CC1)[C@H]2O5. The fourth-order valence-corrected chi connectivity index (χ4v) is 10.2. The molecule has 2 spiro atoms. The minimum atomic E-state index is -0.987. The van der Waals surface area contributed by atoms with Crippen molar-refractivity contribution >= 4 is 5.97 Å². The predicted octanol–water partition coefficient (Wildman–Crippen LogP) is 3.64. The zero-order chi connectivity index (χ0) is 31.1. The van der Waals surface area contributed by atoms with E-state index in [2.05, 4.69) is 31.7 Å². The Morgan fingerprint density at radius 2 is 1.86 bits per heavy atom. The van der Waals surface area contributed by atoms with Crippen molar-refractivity contribution < 1.29 is 38.7 Å². The van der Waals surface area contributed by atoms with Crippen LogP contribution in [-0.4, -0.2) is 97.7 Å². The summed E-state index contributed by atoms with van der Waals surface area (Å²) >= 11 is 0. The maximum atomic E-state index is 12.9. The van der Waals surface area contributed by atoms with Crippen LogP contribution >= 0.6 is 0 Å². The molecule has 0 unspecified atom stereocenters. The highest BCUT2D eigenvalue weighted by atomic mass is 16.6. The lowest BCUT2D eigenvalue weighted by atomic mass is 9.33. The Kier molecular flexibility index (Phi) is 7.47.